The maximum atomic E-state index is 14.9. The van der Waals surface area contributed by atoms with Crippen LogP contribution in [-0.4, -0.2) is 29.6 Å². The monoisotopic (exact) mass is 309 g/mol. The molecule has 1 aromatic heterocycles. The molecule has 0 aliphatic carbocycles. The summed E-state index contributed by atoms with van der Waals surface area (Å²) in [5.74, 6) is 5.00. The van der Waals surface area contributed by atoms with Crippen molar-refractivity contribution in [3.8, 4) is 11.8 Å². The molecule has 0 spiro atoms. The van der Waals surface area contributed by atoms with Gasteiger partial charge in [-0.15, -0.1) is 0 Å². The minimum atomic E-state index is -1.58. The smallest absolute Gasteiger partial charge is 0.248 e. The number of rotatable bonds is 2. The van der Waals surface area contributed by atoms with Gasteiger partial charge >= 0.3 is 0 Å². The van der Waals surface area contributed by atoms with Gasteiger partial charge in [-0.3, -0.25) is 4.79 Å². The van der Waals surface area contributed by atoms with Crippen molar-refractivity contribution in [2.75, 3.05) is 18.0 Å². The summed E-state index contributed by atoms with van der Waals surface area (Å²) in [6, 6.07) is 12.3. The van der Waals surface area contributed by atoms with E-state index in [9.17, 15) is 9.18 Å². The van der Waals surface area contributed by atoms with E-state index in [1.54, 1.807) is 36.5 Å². The van der Waals surface area contributed by atoms with Gasteiger partial charge in [0.05, 0.1) is 6.54 Å². The van der Waals surface area contributed by atoms with Crippen LogP contribution in [0, 0.1) is 11.8 Å². The van der Waals surface area contributed by atoms with Crippen LogP contribution in [0.15, 0.2) is 48.7 Å². The summed E-state index contributed by atoms with van der Waals surface area (Å²) in [7, 11) is 0. The van der Waals surface area contributed by atoms with Crippen LogP contribution in [0.3, 0.4) is 0 Å². The van der Waals surface area contributed by atoms with Crippen molar-refractivity contribution in [1.29, 1.82) is 0 Å². The molecule has 1 amide bonds. The van der Waals surface area contributed by atoms with Crippen LogP contribution in [0.2, 0.25) is 0 Å². The molecule has 2 N–H and O–H groups in total. The molecular weight excluding hydrogens is 293 g/mol. The van der Waals surface area contributed by atoms with Gasteiger partial charge in [0.2, 0.25) is 5.91 Å². The number of amides is 1. The zero-order valence-corrected chi connectivity index (χ0v) is 12.5. The summed E-state index contributed by atoms with van der Waals surface area (Å²) in [6.07, 6.45) is 1.94. The Labute approximate surface area is 134 Å². The average molecular weight is 309 g/mol. The first-order chi connectivity index (χ1) is 11.1. The molecule has 2 aromatic rings. The third kappa shape index (κ3) is 3.49. The van der Waals surface area contributed by atoms with Crippen molar-refractivity contribution in [3.63, 3.8) is 0 Å². The van der Waals surface area contributed by atoms with Crippen molar-refractivity contribution in [2.45, 2.75) is 12.1 Å². The molecule has 1 unspecified atom stereocenters. The number of benzene rings is 1. The predicted octanol–water partition coefficient (Wildman–Crippen LogP) is 2.15. The fourth-order valence-electron chi connectivity index (χ4n) is 2.56. The van der Waals surface area contributed by atoms with Gasteiger partial charge in [-0.25, -0.2) is 9.37 Å². The Kier molecular flexibility index (Phi) is 3.98. The molecule has 1 atom stereocenters. The van der Waals surface area contributed by atoms with E-state index in [2.05, 4.69) is 16.8 Å². The Bertz CT molecular complexity index is 782. The summed E-state index contributed by atoms with van der Waals surface area (Å²) >= 11 is 0. The van der Waals surface area contributed by atoms with E-state index in [0.29, 0.717) is 24.2 Å². The molecule has 1 aromatic carbocycles. The quantitative estimate of drug-likeness (QED) is 0.865. The second-order valence-electron chi connectivity index (χ2n) is 5.52. The van der Waals surface area contributed by atoms with Gasteiger partial charge in [0, 0.05) is 30.4 Å². The SMILES string of the molecule is NC(=O)c1cccc(N2CCC(F)(C#Cc3ccccn3)C2)c1. The minimum absolute atomic E-state index is 0.162. The molecule has 4 nitrogen and oxygen atoms in total. The first kappa shape index (κ1) is 15.0. The van der Waals surface area contributed by atoms with E-state index in [0.717, 1.165) is 5.69 Å². The summed E-state index contributed by atoms with van der Waals surface area (Å²) in [5, 5.41) is 0. The van der Waals surface area contributed by atoms with E-state index >= 15 is 0 Å². The molecular formula is C18H16FN3O. The lowest BCUT2D eigenvalue weighted by Gasteiger charge is -2.19. The molecule has 0 saturated carbocycles. The number of pyridine rings is 1. The summed E-state index contributed by atoms with van der Waals surface area (Å²) in [5.41, 5.74) is 5.45. The van der Waals surface area contributed by atoms with Gasteiger partial charge in [0.15, 0.2) is 5.67 Å². The number of aromatic nitrogens is 1. The number of hydrogen-bond acceptors (Lipinski definition) is 3. The fourth-order valence-corrected chi connectivity index (χ4v) is 2.56. The Hall–Kier alpha value is -2.87. The first-order valence-electron chi connectivity index (χ1n) is 7.34. The van der Waals surface area contributed by atoms with Crippen LogP contribution in [0.5, 0.6) is 0 Å². The highest BCUT2D eigenvalue weighted by Gasteiger charge is 2.37. The van der Waals surface area contributed by atoms with Gasteiger partial charge in [0.25, 0.3) is 0 Å². The zero-order valence-electron chi connectivity index (χ0n) is 12.5. The van der Waals surface area contributed by atoms with Gasteiger partial charge in [-0.1, -0.05) is 18.1 Å². The summed E-state index contributed by atoms with van der Waals surface area (Å²) in [4.78, 5) is 17.2. The Morgan fingerprint density at radius 1 is 1.30 bits per heavy atom. The van der Waals surface area contributed by atoms with Crippen LogP contribution in [0.4, 0.5) is 10.1 Å². The standard InChI is InChI=1S/C18H16FN3O/c19-18(8-7-15-5-1-2-10-21-15)9-11-22(13-18)16-6-3-4-14(12-16)17(20)23/h1-6,10,12H,9,11,13H2,(H2,20,23). The third-order valence-electron chi connectivity index (χ3n) is 3.79. The van der Waals surface area contributed by atoms with E-state index in [4.69, 9.17) is 5.73 Å². The van der Waals surface area contributed by atoms with E-state index in [1.807, 2.05) is 17.0 Å². The zero-order chi connectivity index (χ0) is 16.3. The number of nitrogens with two attached hydrogens (primary N) is 1. The fraction of sp³-hybridized carbons (Fsp3) is 0.222. The molecule has 3 rings (SSSR count). The normalized spacial score (nSPS) is 20.0. The molecule has 0 radical (unpaired) electrons. The number of hydrogen-bond donors (Lipinski definition) is 1. The molecule has 116 valence electrons. The summed E-state index contributed by atoms with van der Waals surface area (Å²) in [6.45, 7) is 0.699. The third-order valence-corrected chi connectivity index (χ3v) is 3.79. The maximum absolute atomic E-state index is 14.9. The van der Waals surface area contributed by atoms with Crippen molar-refractivity contribution in [2.24, 2.45) is 5.73 Å². The van der Waals surface area contributed by atoms with Crippen molar-refractivity contribution in [1.82, 2.24) is 4.98 Å². The molecule has 23 heavy (non-hydrogen) atoms. The second kappa shape index (κ2) is 6.09. The van der Waals surface area contributed by atoms with Crippen LogP contribution >= 0.6 is 0 Å². The van der Waals surface area contributed by atoms with Crippen LogP contribution in [0.1, 0.15) is 22.5 Å². The molecule has 2 heterocycles. The lowest BCUT2D eigenvalue weighted by atomic mass is 10.1. The van der Waals surface area contributed by atoms with Crippen LogP contribution in [0.25, 0.3) is 0 Å². The van der Waals surface area contributed by atoms with Gasteiger partial charge in [-0.05, 0) is 36.3 Å². The van der Waals surface area contributed by atoms with E-state index in [-0.39, 0.29) is 6.54 Å². The van der Waals surface area contributed by atoms with Gasteiger partial charge < -0.3 is 10.6 Å². The summed E-state index contributed by atoms with van der Waals surface area (Å²) < 4.78 is 14.9. The highest BCUT2D eigenvalue weighted by molar-refractivity contribution is 5.93. The number of carbonyl (C=O) groups is 1. The van der Waals surface area contributed by atoms with Crippen molar-refractivity contribution in [3.05, 3.63) is 59.9 Å². The minimum Gasteiger partial charge on any atom is -0.367 e. The van der Waals surface area contributed by atoms with Gasteiger partial charge in [0.1, 0.15) is 5.69 Å². The van der Waals surface area contributed by atoms with Crippen molar-refractivity contribution >= 4 is 11.6 Å². The lowest BCUT2D eigenvalue weighted by Crippen LogP contribution is -2.27. The maximum Gasteiger partial charge on any atom is 0.248 e. The first-order valence-corrected chi connectivity index (χ1v) is 7.34. The number of primary amides is 1. The Morgan fingerprint density at radius 3 is 2.91 bits per heavy atom. The highest BCUT2D eigenvalue weighted by atomic mass is 19.1. The lowest BCUT2D eigenvalue weighted by molar-refractivity contribution is 0.100. The molecule has 0 bridgehead atoms. The Morgan fingerprint density at radius 2 is 2.17 bits per heavy atom. The largest absolute Gasteiger partial charge is 0.367 e. The molecule has 1 aliphatic rings. The molecule has 5 heteroatoms. The molecule has 1 fully saturated rings. The van der Waals surface area contributed by atoms with Crippen LogP contribution in [-0.2, 0) is 0 Å². The second-order valence-corrected chi connectivity index (χ2v) is 5.52. The molecule has 1 aliphatic heterocycles. The number of carbonyl (C=O) groups excluding carboxylic acids is 1. The number of alkyl halides is 1. The number of nitrogens with zero attached hydrogens (tertiary/aromatic N) is 2. The van der Waals surface area contributed by atoms with E-state index < -0.39 is 11.6 Å². The Balaban J connectivity index is 1.76. The van der Waals surface area contributed by atoms with Crippen molar-refractivity contribution < 1.29 is 9.18 Å². The topological polar surface area (TPSA) is 59.2 Å². The number of halogens is 1. The molecule has 1 saturated heterocycles. The number of anilines is 1. The van der Waals surface area contributed by atoms with E-state index in [1.165, 1.54) is 0 Å². The highest BCUT2D eigenvalue weighted by Crippen LogP contribution is 2.29. The predicted molar refractivity (Wildman–Crippen MR) is 86.7 cm³/mol. The average Bonchev–Trinajstić information content (AvgIpc) is 2.97. The van der Waals surface area contributed by atoms with Crippen LogP contribution < -0.4 is 10.6 Å². The van der Waals surface area contributed by atoms with Gasteiger partial charge in [-0.2, -0.15) is 0 Å².